The van der Waals surface area contributed by atoms with Crippen LogP contribution in [0.2, 0.25) is 5.02 Å². The normalized spacial score (nSPS) is 23.4. The Morgan fingerprint density at radius 1 is 1.53 bits per heavy atom. The minimum absolute atomic E-state index is 0.121. The number of rotatable bonds is 3. The van der Waals surface area contributed by atoms with Gasteiger partial charge in [0.05, 0.1) is 17.2 Å². The molecule has 4 heteroatoms. The smallest absolute Gasteiger partial charge is 0.138 e. The van der Waals surface area contributed by atoms with E-state index in [0.29, 0.717) is 29.0 Å². The molecule has 0 radical (unpaired) electrons. The van der Waals surface area contributed by atoms with Crippen molar-refractivity contribution in [2.75, 3.05) is 6.61 Å². The van der Waals surface area contributed by atoms with Crippen LogP contribution in [-0.4, -0.2) is 18.8 Å². The third-order valence-corrected chi connectivity index (χ3v) is 3.15. The molecule has 0 aromatic heterocycles. The number of ether oxygens (including phenoxy) is 2. The maximum Gasteiger partial charge on any atom is 0.138 e. The molecule has 0 amide bonds. The number of benzene rings is 1. The van der Waals surface area contributed by atoms with E-state index < -0.39 is 0 Å². The van der Waals surface area contributed by atoms with Gasteiger partial charge in [-0.1, -0.05) is 17.7 Å². The predicted molar refractivity (Wildman–Crippen MR) is 65.2 cm³/mol. The second-order valence-corrected chi connectivity index (χ2v) is 4.59. The van der Waals surface area contributed by atoms with Crippen LogP contribution >= 0.6 is 11.6 Å². The summed E-state index contributed by atoms with van der Waals surface area (Å²) in [5.41, 5.74) is 0.389. The van der Waals surface area contributed by atoms with E-state index in [1.807, 2.05) is 0 Å². The first-order chi connectivity index (χ1) is 8.20. The zero-order valence-electron chi connectivity index (χ0n) is 9.65. The quantitative estimate of drug-likeness (QED) is 0.829. The van der Waals surface area contributed by atoms with Gasteiger partial charge in [0.1, 0.15) is 24.0 Å². The van der Waals surface area contributed by atoms with Crippen molar-refractivity contribution in [2.45, 2.75) is 32.0 Å². The maximum atomic E-state index is 8.99. The molecule has 1 aromatic rings. The Labute approximate surface area is 106 Å². The highest BCUT2D eigenvalue weighted by molar-refractivity contribution is 6.31. The minimum Gasteiger partial charge on any atom is -0.489 e. The monoisotopic (exact) mass is 251 g/mol. The van der Waals surface area contributed by atoms with Crippen LogP contribution in [0.3, 0.4) is 0 Å². The number of nitrogens with zero attached hydrogens (tertiary/aromatic N) is 1. The van der Waals surface area contributed by atoms with Crippen molar-refractivity contribution >= 4 is 11.6 Å². The van der Waals surface area contributed by atoms with Gasteiger partial charge in [0.25, 0.3) is 0 Å². The third kappa shape index (κ3) is 2.91. The summed E-state index contributed by atoms with van der Waals surface area (Å²) in [5.74, 6) is 0.531. The molecule has 3 nitrogen and oxygen atoms in total. The fourth-order valence-corrected chi connectivity index (χ4v) is 2.13. The number of nitriles is 1. The van der Waals surface area contributed by atoms with Crippen molar-refractivity contribution in [3.8, 4) is 11.8 Å². The first kappa shape index (κ1) is 12.2. The van der Waals surface area contributed by atoms with Gasteiger partial charge in [0, 0.05) is 0 Å². The molecule has 0 bridgehead atoms. The van der Waals surface area contributed by atoms with Crippen LogP contribution in [0.1, 0.15) is 25.3 Å². The van der Waals surface area contributed by atoms with E-state index in [0.717, 1.165) is 12.8 Å². The summed E-state index contributed by atoms with van der Waals surface area (Å²) < 4.78 is 11.3. The molecule has 1 heterocycles. The van der Waals surface area contributed by atoms with Crippen molar-refractivity contribution in [1.29, 1.82) is 5.26 Å². The summed E-state index contributed by atoms with van der Waals surface area (Å²) in [7, 11) is 0. The SMILES string of the molecule is CC1CCC(COc2cccc(Cl)c2C#N)O1. The molecule has 0 N–H and O–H groups in total. The van der Waals surface area contributed by atoms with Gasteiger partial charge in [-0.05, 0) is 31.9 Å². The molecule has 0 spiro atoms. The molecule has 1 aromatic carbocycles. The van der Waals surface area contributed by atoms with E-state index in [2.05, 4.69) is 13.0 Å². The largest absolute Gasteiger partial charge is 0.489 e. The van der Waals surface area contributed by atoms with E-state index in [4.69, 9.17) is 26.3 Å². The zero-order valence-corrected chi connectivity index (χ0v) is 10.4. The molecular formula is C13H14ClNO2. The lowest BCUT2D eigenvalue weighted by Gasteiger charge is -2.13. The lowest BCUT2D eigenvalue weighted by molar-refractivity contribution is 0.0264. The molecule has 1 aliphatic heterocycles. The average molecular weight is 252 g/mol. The molecule has 1 saturated heterocycles. The molecule has 1 fully saturated rings. The van der Waals surface area contributed by atoms with Gasteiger partial charge in [-0.3, -0.25) is 0 Å². The Morgan fingerprint density at radius 2 is 2.35 bits per heavy atom. The van der Waals surface area contributed by atoms with Gasteiger partial charge < -0.3 is 9.47 Å². The van der Waals surface area contributed by atoms with Gasteiger partial charge in [-0.15, -0.1) is 0 Å². The van der Waals surface area contributed by atoms with E-state index in [1.54, 1.807) is 18.2 Å². The molecule has 2 unspecified atom stereocenters. The van der Waals surface area contributed by atoms with Crippen molar-refractivity contribution in [1.82, 2.24) is 0 Å². The van der Waals surface area contributed by atoms with Gasteiger partial charge in [-0.25, -0.2) is 0 Å². The first-order valence-electron chi connectivity index (χ1n) is 5.67. The molecule has 2 atom stereocenters. The van der Waals surface area contributed by atoms with E-state index in [-0.39, 0.29) is 6.10 Å². The second kappa shape index (κ2) is 5.39. The highest BCUT2D eigenvalue weighted by Gasteiger charge is 2.22. The summed E-state index contributed by atoms with van der Waals surface area (Å²) >= 11 is 5.91. The van der Waals surface area contributed by atoms with Crippen LogP contribution in [0.25, 0.3) is 0 Å². The molecule has 2 rings (SSSR count). The molecule has 1 aliphatic rings. The lowest BCUT2D eigenvalue weighted by atomic mass is 10.2. The van der Waals surface area contributed by atoms with Gasteiger partial charge in [0.15, 0.2) is 0 Å². The summed E-state index contributed by atoms with van der Waals surface area (Å²) in [4.78, 5) is 0. The first-order valence-corrected chi connectivity index (χ1v) is 6.05. The maximum absolute atomic E-state index is 8.99. The summed E-state index contributed by atoms with van der Waals surface area (Å²) in [5, 5.41) is 9.41. The van der Waals surface area contributed by atoms with Crippen molar-refractivity contribution in [2.24, 2.45) is 0 Å². The predicted octanol–water partition coefficient (Wildman–Crippen LogP) is 3.16. The van der Waals surface area contributed by atoms with Crippen LogP contribution in [0.4, 0.5) is 0 Å². The van der Waals surface area contributed by atoms with Gasteiger partial charge >= 0.3 is 0 Å². The highest BCUT2D eigenvalue weighted by Crippen LogP contribution is 2.26. The van der Waals surface area contributed by atoms with Gasteiger partial charge in [-0.2, -0.15) is 5.26 Å². The molecular weight excluding hydrogens is 238 g/mol. The van der Waals surface area contributed by atoms with E-state index >= 15 is 0 Å². The lowest BCUT2D eigenvalue weighted by Crippen LogP contribution is -2.18. The molecule has 17 heavy (non-hydrogen) atoms. The van der Waals surface area contributed by atoms with E-state index in [9.17, 15) is 0 Å². The number of halogens is 1. The van der Waals surface area contributed by atoms with E-state index in [1.165, 1.54) is 0 Å². The van der Waals surface area contributed by atoms with Crippen LogP contribution < -0.4 is 4.74 Å². The highest BCUT2D eigenvalue weighted by atomic mass is 35.5. The van der Waals surface area contributed by atoms with Crippen molar-refractivity contribution < 1.29 is 9.47 Å². The summed E-state index contributed by atoms with van der Waals surface area (Å²) in [6.45, 7) is 2.53. The van der Waals surface area contributed by atoms with Crippen molar-refractivity contribution in [3.63, 3.8) is 0 Å². The molecule has 0 saturated carbocycles. The average Bonchev–Trinajstić information content (AvgIpc) is 2.72. The topological polar surface area (TPSA) is 42.2 Å². The second-order valence-electron chi connectivity index (χ2n) is 4.18. The standard InChI is InChI=1S/C13H14ClNO2/c1-9-5-6-10(17-9)8-16-13-4-2-3-12(14)11(13)7-15/h2-4,9-10H,5-6,8H2,1H3. The fraction of sp³-hybridized carbons (Fsp3) is 0.462. The zero-order chi connectivity index (χ0) is 12.3. The van der Waals surface area contributed by atoms with Crippen molar-refractivity contribution in [3.05, 3.63) is 28.8 Å². The summed E-state index contributed by atoms with van der Waals surface area (Å²) in [6.07, 6.45) is 2.49. The van der Waals surface area contributed by atoms with Crippen LogP contribution in [0, 0.1) is 11.3 Å². The Balaban J connectivity index is 2.00. The minimum atomic E-state index is 0.121. The molecule has 0 aliphatic carbocycles. The van der Waals surface area contributed by atoms with Gasteiger partial charge in [0.2, 0.25) is 0 Å². The summed E-state index contributed by atoms with van der Waals surface area (Å²) in [6, 6.07) is 7.26. The number of hydrogen-bond donors (Lipinski definition) is 0. The Bertz CT molecular complexity index is 442. The third-order valence-electron chi connectivity index (χ3n) is 2.83. The Morgan fingerprint density at radius 3 is 3.00 bits per heavy atom. The van der Waals surface area contributed by atoms with Crippen LogP contribution in [0.15, 0.2) is 18.2 Å². The van der Waals surface area contributed by atoms with Crippen LogP contribution in [0.5, 0.6) is 5.75 Å². The molecule has 90 valence electrons. The number of hydrogen-bond acceptors (Lipinski definition) is 3. The Kier molecular flexibility index (Phi) is 3.88. The fourth-order valence-electron chi connectivity index (χ4n) is 1.92. The Hall–Kier alpha value is -1.24. The van der Waals surface area contributed by atoms with Crippen LogP contribution in [-0.2, 0) is 4.74 Å².